The smallest absolute Gasteiger partial charge is 0.391 e. The van der Waals surface area contributed by atoms with Gasteiger partial charge in [0.1, 0.15) is 0 Å². The maximum atomic E-state index is 12.9. The minimum atomic E-state index is -4.15. The van der Waals surface area contributed by atoms with E-state index >= 15 is 0 Å². The van der Waals surface area contributed by atoms with Crippen molar-refractivity contribution in [3.63, 3.8) is 0 Å². The van der Waals surface area contributed by atoms with E-state index in [0.717, 1.165) is 19.6 Å². The van der Waals surface area contributed by atoms with Crippen LogP contribution in [0.1, 0.15) is 39.5 Å². The number of aliphatic hydroxyl groups excluding tert-OH is 1. The molecule has 2 atom stereocenters. The fourth-order valence-corrected chi connectivity index (χ4v) is 3.02. The van der Waals surface area contributed by atoms with Gasteiger partial charge in [-0.15, -0.1) is 0 Å². The van der Waals surface area contributed by atoms with Crippen LogP contribution >= 0.6 is 0 Å². The number of likely N-dealkylation sites (N-methyl/N-ethyl adjacent to an activating group) is 1. The number of rotatable bonds is 7. The zero-order valence-corrected chi connectivity index (χ0v) is 12.5. The summed E-state index contributed by atoms with van der Waals surface area (Å²) in [7, 11) is 0. The van der Waals surface area contributed by atoms with Crippen LogP contribution in [0.25, 0.3) is 0 Å². The maximum absolute atomic E-state index is 12.9. The van der Waals surface area contributed by atoms with Gasteiger partial charge in [0, 0.05) is 18.6 Å². The summed E-state index contributed by atoms with van der Waals surface area (Å²) in [5, 5.41) is 12.8. The Bertz CT molecular complexity index is 282. The van der Waals surface area contributed by atoms with Crippen LogP contribution in [0, 0.1) is 5.92 Å². The average Bonchev–Trinajstić information content (AvgIpc) is 2.43. The minimum absolute atomic E-state index is 0.00868. The quantitative estimate of drug-likeness (QED) is 0.757. The molecular formula is C14H27F3N2O. The number of halogens is 3. The zero-order chi connectivity index (χ0) is 15.2. The van der Waals surface area contributed by atoms with Crippen LogP contribution < -0.4 is 5.32 Å². The third kappa shape index (κ3) is 4.90. The van der Waals surface area contributed by atoms with Gasteiger partial charge in [0.05, 0.1) is 12.5 Å². The molecule has 0 radical (unpaired) electrons. The van der Waals surface area contributed by atoms with Crippen molar-refractivity contribution < 1.29 is 18.3 Å². The Morgan fingerprint density at radius 2 is 1.95 bits per heavy atom. The lowest BCUT2D eigenvalue weighted by atomic mass is 9.75. The Balaban J connectivity index is 2.54. The van der Waals surface area contributed by atoms with E-state index in [1.54, 1.807) is 0 Å². The number of alkyl halides is 3. The fourth-order valence-electron chi connectivity index (χ4n) is 3.02. The molecule has 2 unspecified atom stereocenters. The predicted octanol–water partition coefficient (Wildman–Crippen LogP) is 2.40. The van der Waals surface area contributed by atoms with Gasteiger partial charge in [-0.25, -0.2) is 0 Å². The molecule has 0 heterocycles. The van der Waals surface area contributed by atoms with Gasteiger partial charge in [0.15, 0.2) is 0 Å². The molecule has 0 saturated heterocycles. The summed E-state index contributed by atoms with van der Waals surface area (Å²) in [6, 6.07) is 0. The normalized spacial score (nSPS) is 28.1. The van der Waals surface area contributed by atoms with Gasteiger partial charge in [-0.1, -0.05) is 20.3 Å². The van der Waals surface area contributed by atoms with Gasteiger partial charge in [0.25, 0.3) is 0 Å². The second-order valence-electron chi connectivity index (χ2n) is 5.73. The number of nitrogens with one attached hydrogen (secondary N) is 1. The molecule has 1 fully saturated rings. The molecule has 0 aromatic heterocycles. The van der Waals surface area contributed by atoms with Crippen LogP contribution in [-0.2, 0) is 0 Å². The molecule has 1 aliphatic carbocycles. The van der Waals surface area contributed by atoms with E-state index in [1.807, 2.05) is 0 Å². The summed E-state index contributed by atoms with van der Waals surface area (Å²) in [5.41, 5.74) is -0.758. The van der Waals surface area contributed by atoms with Crippen molar-refractivity contribution in [3.8, 4) is 0 Å². The van der Waals surface area contributed by atoms with Crippen molar-refractivity contribution in [1.29, 1.82) is 0 Å². The standard InChI is InChI=1S/C14H27F3N2O/c1-3-19(4-2)9-8-18-13(11-20)7-5-6-12(10-13)14(15,16)17/h12,18,20H,3-11H2,1-2H3. The van der Waals surface area contributed by atoms with Crippen LogP contribution in [0.5, 0.6) is 0 Å². The Labute approximate surface area is 119 Å². The number of hydrogen-bond donors (Lipinski definition) is 2. The molecule has 120 valence electrons. The number of hydrogen-bond acceptors (Lipinski definition) is 3. The van der Waals surface area contributed by atoms with E-state index in [1.165, 1.54) is 0 Å². The Hall–Kier alpha value is -0.330. The first-order chi connectivity index (χ1) is 9.37. The largest absolute Gasteiger partial charge is 0.394 e. The molecule has 0 aliphatic heterocycles. The number of aliphatic hydroxyl groups is 1. The van der Waals surface area contributed by atoms with Crippen molar-refractivity contribution in [2.75, 3.05) is 32.8 Å². The van der Waals surface area contributed by atoms with E-state index in [0.29, 0.717) is 19.4 Å². The molecule has 0 amide bonds. The highest BCUT2D eigenvalue weighted by Gasteiger charge is 2.47. The molecular weight excluding hydrogens is 269 g/mol. The predicted molar refractivity (Wildman–Crippen MR) is 73.6 cm³/mol. The molecule has 20 heavy (non-hydrogen) atoms. The summed E-state index contributed by atoms with van der Waals surface area (Å²) >= 11 is 0. The van der Waals surface area contributed by atoms with E-state index in [4.69, 9.17) is 0 Å². The van der Waals surface area contributed by atoms with Crippen molar-refractivity contribution in [3.05, 3.63) is 0 Å². The summed E-state index contributed by atoms with van der Waals surface area (Å²) in [5.74, 6) is -1.29. The summed E-state index contributed by atoms with van der Waals surface area (Å²) < 4.78 is 38.6. The highest BCUT2D eigenvalue weighted by Crippen LogP contribution is 2.41. The third-order valence-electron chi connectivity index (χ3n) is 4.43. The SMILES string of the molecule is CCN(CC)CCNC1(CO)CCCC(C(F)(F)F)C1. The van der Waals surface area contributed by atoms with Crippen LogP contribution in [0.15, 0.2) is 0 Å². The minimum Gasteiger partial charge on any atom is -0.394 e. The first-order valence-electron chi connectivity index (χ1n) is 7.52. The topological polar surface area (TPSA) is 35.5 Å². The fraction of sp³-hybridized carbons (Fsp3) is 1.00. The van der Waals surface area contributed by atoms with Crippen LogP contribution in [0.2, 0.25) is 0 Å². The van der Waals surface area contributed by atoms with Gasteiger partial charge >= 0.3 is 6.18 Å². The van der Waals surface area contributed by atoms with Crippen LogP contribution in [0.3, 0.4) is 0 Å². The average molecular weight is 296 g/mol. The van der Waals surface area contributed by atoms with Crippen molar-refractivity contribution in [2.24, 2.45) is 5.92 Å². The lowest BCUT2D eigenvalue weighted by Crippen LogP contribution is -2.55. The first kappa shape index (κ1) is 17.7. The summed E-state index contributed by atoms with van der Waals surface area (Å²) in [6.45, 7) is 7.16. The second kappa shape index (κ2) is 7.61. The maximum Gasteiger partial charge on any atom is 0.391 e. The highest BCUT2D eigenvalue weighted by molar-refractivity contribution is 4.95. The second-order valence-corrected chi connectivity index (χ2v) is 5.73. The van der Waals surface area contributed by atoms with Gasteiger partial charge < -0.3 is 15.3 Å². The molecule has 1 saturated carbocycles. The van der Waals surface area contributed by atoms with Crippen LogP contribution in [0.4, 0.5) is 13.2 Å². The number of nitrogens with zero attached hydrogens (tertiary/aromatic N) is 1. The Morgan fingerprint density at radius 3 is 2.45 bits per heavy atom. The van der Waals surface area contributed by atoms with E-state index in [2.05, 4.69) is 24.1 Å². The highest BCUT2D eigenvalue weighted by atomic mass is 19.4. The Kier molecular flexibility index (Phi) is 6.75. The Morgan fingerprint density at radius 1 is 1.30 bits per heavy atom. The van der Waals surface area contributed by atoms with Crippen LogP contribution in [-0.4, -0.2) is 54.5 Å². The molecule has 0 aromatic rings. The van der Waals surface area contributed by atoms with Crippen molar-refractivity contribution >= 4 is 0 Å². The van der Waals surface area contributed by atoms with Gasteiger partial charge in [-0.05, 0) is 32.4 Å². The molecule has 6 heteroatoms. The molecule has 0 aromatic carbocycles. The monoisotopic (exact) mass is 296 g/mol. The molecule has 2 N–H and O–H groups in total. The third-order valence-corrected chi connectivity index (χ3v) is 4.43. The molecule has 1 rings (SSSR count). The van der Waals surface area contributed by atoms with Crippen molar-refractivity contribution in [2.45, 2.75) is 51.2 Å². The van der Waals surface area contributed by atoms with E-state index < -0.39 is 17.6 Å². The van der Waals surface area contributed by atoms with Gasteiger partial charge in [-0.2, -0.15) is 13.2 Å². The molecule has 0 bridgehead atoms. The molecule has 0 spiro atoms. The lowest BCUT2D eigenvalue weighted by Gasteiger charge is -2.41. The summed E-state index contributed by atoms with van der Waals surface area (Å²) in [4.78, 5) is 2.21. The summed E-state index contributed by atoms with van der Waals surface area (Å²) in [6.07, 6.45) is -2.84. The molecule has 3 nitrogen and oxygen atoms in total. The van der Waals surface area contributed by atoms with Crippen molar-refractivity contribution in [1.82, 2.24) is 10.2 Å². The van der Waals surface area contributed by atoms with E-state index in [-0.39, 0.29) is 19.4 Å². The lowest BCUT2D eigenvalue weighted by molar-refractivity contribution is -0.189. The zero-order valence-electron chi connectivity index (χ0n) is 12.5. The van der Waals surface area contributed by atoms with E-state index in [9.17, 15) is 18.3 Å². The van der Waals surface area contributed by atoms with Gasteiger partial charge in [-0.3, -0.25) is 0 Å². The van der Waals surface area contributed by atoms with Gasteiger partial charge in [0.2, 0.25) is 0 Å². The first-order valence-corrected chi connectivity index (χ1v) is 7.52. The molecule has 1 aliphatic rings.